The number of para-hydroxylation sites is 1. The Labute approximate surface area is 238 Å². The average molecular weight is 544 g/mol. The normalized spacial score (nSPS) is 21.1. The third-order valence-electron chi connectivity index (χ3n) is 9.29. The van der Waals surface area contributed by atoms with Crippen LogP contribution in [0.25, 0.3) is 21.7 Å². The van der Waals surface area contributed by atoms with E-state index >= 15 is 0 Å². The fourth-order valence-corrected chi connectivity index (χ4v) is 7.18. The van der Waals surface area contributed by atoms with E-state index in [1.807, 2.05) is 12.4 Å². The van der Waals surface area contributed by atoms with Gasteiger partial charge in [-0.3, -0.25) is 9.78 Å². The number of carbonyl (C=O) groups excluding carboxylic acids is 1. The number of ketones is 1. The molecule has 0 aliphatic heterocycles. The van der Waals surface area contributed by atoms with E-state index in [2.05, 4.69) is 64.3 Å². The molecule has 39 heavy (non-hydrogen) atoms. The molecule has 6 rings (SSSR count). The van der Waals surface area contributed by atoms with Crippen molar-refractivity contribution in [3.63, 3.8) is 0 Å². The van der Waals surface area contributed by atoms with Gasteiger partial charge in [0.2, 0.25) is 0 Å². The van der Waals surface area contributed by atoms with E-state index in [4.69, 9.17) is 5.73 Å². The number of nitrogens with zero attached hydrogens (tertiary/aromatic N) is 2. The first-order valence-corrected chi connectivity index (χ1v) is 14.8. The zero-order chi connectivity index (χ0) is 25.9. The summed E-state index contributed by atoms with van der Waals surface area (Å²) >= 11 is 0. The number of Topliss-reactive ketones (excluding diaryl/α,β-unsaturated/α-hetero) is 1. The molecule has 2 heterocycles. The molecule has 206 valence electrons. The maximum Gasteiger partial charge on any atom is 0.134 e. The van der Waals surface area contributed by atoms with Crippen molar-refractivity contribution in [2.75, 3.05) is 0 Å². The number of hydrogen-bond acceptors (Lipinski definition) is 3. The monoisotopic (exact) mass is 543 g/mol. The Balaban J connectivity index is 0.00000308. The summed E-state index contributed by atoms with van der Waals surface area (Å²) in [5.74, 6) is 1.57. The van der Waals surface area contributed by atoms with Gasteiger partial charge in [-0.2, -0.15) is 0 Å². The fraction of sp³-hybridized carbons (Fsp3) is 0.471. The molecular formula is C34H42ClN3O. The molecule has 1 unspecified atom stereocenters. The van der Waals surface area contributed by atoms with Crippen molar-refractivity contribution in [3.8, 4) is 0 Å². The molecule has 5 heteroatoms. The van der Waals surface area contributed by atoms with Crippen LogP contribution in [0.15, 0.2) is 67.1 Å². The number of hydrogen-bond donors (Lipinski definition) is 1. The molecule has 0 radical (unpaired) electrons. The van der Waals surface area contributed by atoms with Crippen molar-refractivity contribution in [2.24, 2.45) is 17.6 Å². The number of rotatable bonds is 8. The Morgan fingerprint density at radius 2 is 1.56 bits per heavy atom. The van der Waals surface area contributed by atoms with Crippen molar-refractivity contribution in [2.45, 2.75) is 89.1 Å². The summed E-state index contributed by atoms with van der Waals surface area (Å²) in [4.78, 5) is 18.3. The molecule has 0 bridgehead atoms. The van der Waals surface area contributed by atoms with Gasteiger partial charge in [0.1, 0.15) is 5.78 Å². The molecule has 2 aromatic heterocycles. The molecule has 0 spiro atoms. The summed E-state index contributed by atoms with van der Waals surface area (Å²) in [6.07, 6.45) is 18.5. The second kappa shape index (κ2) is 12.7. The highest BCUT2D eigenvalue weighted by atomic mass is 35.5. The number of nitrogens with two attached hydrogens (primary N) is 1. The van der Waals surface area contributed by atoms with Crippen LogP contribution in [-0.2, 0) is 11.3 Å². The van der Waals surface area contributed by atoms with Gasteiger partial charge in [0.15, 0.2) is 0 Å². The predicted octanol–water partition coefficient (Wildman–Crippen LogP) is 8.19. The van der Waals surface area contributed by atoms with Gasteiger partial charge in [0.25, 0.3) is 0 Å². The molecule has 0 saturated heterocycles. The van der Waals surface area contributed by atoms with E-state index in [1.54, 1.807) is 0 Å². The zero-order valence-electron chi connectivity index (χ0n) is 22.9. The molecule has 0 amide bonds. The highest BCUT2D eigenvalue weighted by Crippen LogP contribution is 2.39. The number of pyridine rings is 1. The number of fused-ring (bicyclic) bond motifs is 2. The number of carbonyl (C=O) groups is 1. The molecule has 2 N–H and O–H groups in total. The maximum atomic E-state index is 13.7. The van der Waals surface area contributed by atoms with Gasteiger partial charge in [0, 0.05) is 66.2 Å². The highest BCUT2D eigenvalue weighted by Gasteiger charge is 2.27. The molecule has 2 fully saturated rings. The van der Waals surface area contributed by atoms with Crippen LogP contribution < -0.4 is 5.73 Å². The first kappa shape index (κ1) is 27.9. The second-order valence-electron chi connectivity index (χ2n) is 12.0. The Bertz CT molecular complexity index is 1390. The van der Waals surface area contributed by atoms with Crippen LogP contribution in [0.4, 0.5) is 0 Å². The topological polar surface area (TPSA) is 60.9 Å². The highest BCUT2D eigenvalue weighted by molar-refractivity contribution is 5.91. The van der Waals surface area contributed by atoms with Gasteiger partial charge in [-0.1, -0.05) is 61.7 Å². The number of benzene rings is 2. The SMILES string of the molecule is Cl.NC1CCC(CC(=O)CC(c2cncc3ccccc23)c2cn(CC3CCCCC3)c3ccccc23)CC1. The third kappa shape index (κ3) is 6.23. The zero-order valence-corrected chi connectivity index (χ0v) is 23.8. The molecule has 2 saturated carbocycles. The summed E-state index contributed by atoms with van der Waals surface area (Å²) in [6.45, 7) is 1.07. The summed E-state index contributed by atoms with van der Waals surface area (Å²) in [6, 6.07) is 17.6. The summed E-state index contributed by atoms with van der Waals surface area (Å²) < 4.78 is 2.49. The Morgan fingerprint density at radius 3 is 2.36 bits per heavy atom. The lowest BCUT2D eigenvalue weighted by Gasteiger charge is -2.26. The summed E-state index contributed by atoms with van der Waals surface area (Å²) in [5.41, 5.74) is 9.87. The van der Waals surface area contributed by atoms with E-state index in [1.165, 1.54) is 59.5 Å². The molecule has 2 aromatic carbocycles. The van der Waals surface area contributed by atoms with E-state index in [9.17, 15) is 4.79 Å². The Kier molecular flexibility index (Phi) is 9.04. The van der Waals surface area contributed by atoms with E-state index in [0.717, 1.165) is 43.5 Å². The van der Waals surface area contributed by atoms with Gasteiger partial charge in [-0.15, -0.1) is 12.4 Å². The molecule has 2 aliphatic carbocycles. The van der Waals surface area contributed by atoms with Crippen molar-refractivity contribution in [3.05, 3.63) is 78.2 Å². The third-order valence-corrected chi connectivity index (χ3v) is 9.29. The summed E-state index contributed by atoms with van der Waals surface area (Å²) in [7, 11) is 0. The molecule has 2 aliphatic rings. The van der Waals surface area contributed by atoms with Gasteiger partial charge >= 0.3 is 0 Å². The Morgan fingerprint density at radius 1 is 0.846 bits per heavy atom. The van der Waals surface area contributed by atoms with Crippen LogP contribution in [0.1, 0.15) is 87.7 Å². The van der Waals surface area contributed by atoms with E-state index in [0.29, 0.717) is 30.6 Å². The second-order valence-corrected chi connectivity index (χ2v) is 12.0. The molecule has 1 atom stereocenters. The molecule has 4 nitrogen and oxygen atoms in total. The number of aromatic nitrogens is 2. The van der Waals surface area contributed by atoms with Gasteiger partial charge < -0.3 is 10.3 Å². The largest absolute Gasteiger partial charge is 0.347 e. The van der Waals surface area contributed by atoms with E-state index in [-0.39, 0.29) is 18.3 Å². The van der Waals surface area contributed by atoms with Gasteiger partial charge in [-0.25, -0.2) is 0 Å². The van der Waals surface area contributed by atoms with Gasteiger partial charge in [-0.05, 0) is 72.9 Å². The van der Waals surface area contributed by atoms with Gasteiger partial charge in [0.05, 0.1) is 0 Å². The van der Waals surface area contributed by atoms with Crippen LogP contribution in [0.2, 0.25) is 0 Å². The molecular weight excluding hydrogens is 502 g/mol. The minimum Gasteiger partial charge on any atom is -0.347 e. The average Bonchev–Trinajstić information content (AvgIpc) is 3.31. The van der Waals surface area contributed by atoms with Crippen LogP contribution in [0, 0.1) is 11.8 Å². The fourth-order valence-electron chi connectivity index (χ4n) is 7.18. The van der Waals surface area contributed by atoms with Crippen LogP contribution >= 0.6 is 12.4 Å². The minimum atomic E-state index is -0.00977. The lowest BCUT2D eigenvalue weighted by molar-refractivity contribution is -0.120. The maximum absolute atomic E-state index is 13.7. The predicted molar refractivity (Wildman–Crippen MR) is 164 cm³/mol. The van der Waals surface area contributed by atoms with Crippen LogP contribution in [-0.4, -0.2) is 21.4 Å². The quantitative estimate of drug-likeness (QED) is 0.243. The van der Waals surface area contributed by atoms with Crippen LogP contribution in [0.3, 0.4) is 0 Å². The number of halogens is 1. The van der Waals surface area contributed by atoms with Crippen molar-refractivity contribution in [1.82, 2.24) is 9.55 Å². The smallest absolute Gasteiger partial charge is 0.134 e. The van der Waals surface area contributed by atoms with Crippen molar-refractivity contribution < 1.29 is 4.79 Å². The Hall–Kier alpha value is -2.69. The van der Waals surface area contributed by atoms with E-state index < -0.39 is 0 Å². The lowest BCUT2D eigenvalue weighted by Crippen LogP contribution is -2.27. The molecule has 4 aromatic rings. The minimum absolute atomic E-state index is 0. The lowest BCUT2D eigenvalue weighted by atomic mass is 9.80. The van der Waals surface area contributed by atoms with Crippen LogP contribution in [0.5, 0.6) is 0 Å². The van der Waals surface area contributed by atoms with Crippen molar-refractivity contribution in [1.29, 1.82) is 0 Å². The standard InChI is InChI=1S/C34H41N3O.ClH/c35-27-16-14-24(15-17-27)18-28(38)19-31(32-21-36-20-26-10-4-5-11-29(26)32)33-23-37(22-25-8-2-1-3-9-25)34-13-7-6-12-30(33)34;/h4-7,10-13,20-21,23-25,27,31H,1-3,8-9,14-19,22,35H2;1H. The first-order valence-electron chi connectivity index (χ1n) is 14.8. The van der Waals surface area contributed by atoms with Crippen molar-refractivity contribution >= 4 is 39.9 Å². The first-order chi connectivity index (χ1) is 18.7. The summed E-state index contributed by atoms with van der Waals surface area (Å²) in [5, 5.41) is 3.61.